The van der Waals surface area contributed by atoms with Crippen LogP contribution in [0.2, 0.25) is 0 Å². The molecule has 2 aromatic carbocycles. The number of carbonyl (C=O) groups is 1. The zero-order valence-electron chi connectivity index (χ0n) is 12.5. The highest BCUT2D eigenvalue weighted by Crippen LogP contribution is 2.27. The Morgan fingerprint density at radius 2 is 1.87 bits per heavy atom. The SMILES string of the molecule is O=C(NO)C1CCCCN1S(=O)(=O)c1ccc2ccccc2c1. The van der Waals surface area contributed by atoms with Crippen molar-refractivity contribution in [3.8, 4) is 0 Å². The molecular weight excluding hydrogens is 316 g/mol. The van der Waals surface area contributed by atoms with E-state index in [-0.39, 0.29) is 11.4 Å². The van der Waals surface area contributed by atoms with Crippen LogP contribution in [0.5, 0.6) is 0 Å². The normalized spacial score (nSPS) is 19.6. The summed E-state index contributed by atoms with van der Waals surface area (Å²) in [6.07, 6.45) is 1.85. The lowest BCUT2D eigenvalue weighted by Crippen LogP contribution is -2.51. The molecule has 23 heavy (non-hydrogen) atoms. The summed E-state index contributed by atoms with van der Waals surface area (Å²) >= 11 is 0. The second kappa shape index (κ2) is 6.27. The molecule has 1 aliphatic rings. The van der Waals surface area contributed by atoms with E-state index in [1.54, 1.807) is 23.7 Å². The minimum atomic E-state index is -3.80. The van der Waals surface area contributed by atoms with Gasteiger partial charge in [0.15, 0.2) is 0 Å². The second-order valence-corrected chi connectivity index (χ2v) is 7.50. The third-order valence-corrected chi connectivity index (χ3v) is 6.10. The van der Waals surface area contributed by atoms with E-state index < -0.39 is 22.0 Å². The third-order valence-electron chi connectivity index (χ3n) is 4.19. The largest absolute Gasteiger partial charge is 0.289 e. The average Bonchev–Trinajstić information content (AvgIpc) is 2.60. The molecule has 0 radical (unpaired) electrons. The van der Waals surface area contributed by atoms with Gasteiger partial charge in [-0.3, -0.25) is 10.0 Å². The van der Waals surface area contributed by atoms with Crippen LogP contribution in [-0.4, -0.2) is 36.4 Å². The number of benzene rings is 2. The van der Waals surface area contributed by atoms with Gasteiger partial charge in [-0.1, -0.05) is 36.8 Å². The molecule has 0 aromatic heterocycles. The summed E-state index contributed by atoms with van der Waals surface area (Å²) in [6, 6.07) is 11.6. The van der Waals surface area contributed by atoms with Crippen LogP contribution in [0.3, 0.4) is 0 Å². The van der Waals surface area contributed by atoms with Gasteiger partial charge in [-0.15, -0.1) is 0 Å². The molecule has 1 amide bonds. The first-order valence-corrected chi connectivity index (χ1v) is 8.92. The molecule has 0 saturated carbocycles. The van der Waals surface area contributed by atoms with E-state index in [9.17, 15) is 13.2 Å². The summed E-state index contributed by atoms with van der Waals surface area (Å²) in [5.74, 6) is -0.686. The maximum absolute atomic E-state index is 12.9. The summed E-state index contributed by atoms with van der Waals surface area (Å²) in [5.41, 5.74) is 1.57. The average molecular weight is 334 g/mol. The fourth-order valence-corrected chi connectivity index (χ4v) is 4.68. The third kappa shape index (κ3) is 2.95. The van der Waals surface area contributed by atoms with Gasteiger partial charge in [0.1, 0.15) is 6.04 Å². The molecule has 1 saturated heterocycles. The second-order valence-electron chi connectivity index (χ2n) is 5.61. The molecule has 0 bridgehead atoms. The van der Waals surface area contributed by atoms with E-state index >= 15 is 0 Å². The van der Waals surface area contributed by atoms with E-state index in [4.69, 9.17) is 5.21 Å². The van der Waals surface area contributed by atoms with Crippen LogP contribution in [0, 0.1) is 0 Å². The highest BCUT2D eigenvalue weighted by Gasteiger charge is 2.37. The van der Waals surface area contributed by atoms with Crippen molar-refractivity contribution in [2.75, 3.05) is 6.54 Å². The molecule has 122 valence electrons. The van der Waals surface area contributed by atoms with Crippen molar-refractivity contribution in [2.24, 2.45) is 0 Å². The van der Waals surface area contributed by atoms with Crippen LogP contribution < -0.4 is 5.48 Å². The topological polar surface area (TPSA) is 86.7 Å². The van der Waals surface area contributed by atoms with Gasteiger partial charge in [-0.05, 0) is 35.7 Å². The first kappa shape index (κ1) is 15.9. The Kier molecular flexibility index (Phi) is 4.34. The van der Waals surface area contributed by atoms with Crippen LogP contribution in [0.15, 0.2) is 47.4 Å². The van der Waals surface area contributed by atoms with Crippen LogP contribution in [0.4, 0.5) is 0 Å². The highest BCUT2D eigenvalue weighted by molar-refractivity contribution is 7.89. The van der Waals surface area contributed by atoms with Crippen molar-refractivity contribution in [1.29, 1.82) is 0 Å². The molecule has 6 nitrogen and oxygen atoms in total. The quantitative estimate of drug-likeness (QED) is 0.663. The Morgan fingerprint density at radius 3 is 2.61 bits per heavy atom. The van der Waals surface area contributed by atoms with Crippen molar-refractivity contribution in [1.82, 2.24) is 9.79 Å². The van der Waals surface area contributed by atoms with Crippen LogP contribution >= 0.6 is 0 Å². The van der Waals surface area contributed by atoms with E-state index in [1.165, 1.54) is 4.31 Å². The Bertz CT molecular complexity index is 835. The Balaban J connectivity index is 2.02. The summed E-state index contributed by atoms with van der Waals surface area (Å²) in [7, 11) is -3.80. The molecular formula is C16H18N2O4S. The predicted octanol–water partition coefficient (Wildman–Crippen LogP) is 1.89. The molecule has 1 heterocycles. The predicted molar refractivity (Wildman–Crippen MR) is 85.4 cm³/mol. The van der Waals surface area contributed by atoms with Crippen molar-refractivity contribution in [3.05, 3.63) is 42.5 Å². The van der Waals surface area contributed by atoms with Crippen LogP contribution in [0.1, 0.15) is 19.3 Å². The minimum Gasteiger partial charge on any atom is -0.289 e. The zero-order chi connectivity index (χ0) is 16.4. The highest BCUT2D eigenvalue weighted by atomic mass is 32.2. The van der Waals surface area contributed by atoms with Crippen LogP contribution in [0.25, 0.3) is 10.8 Å². The van der Waals surface area contributed by atoms with E-state index in [0.717, 1.165) is 17.2 Å². The summed E-state index contributed by atoms with van der Waals surface area (Å²) in [6.45, 7) is 0.271. The molecule has 1 atom stereocenters. The molecule has 1 fully saturated rings. The number of fused-ring (bicyclic) bond motifs is 1. The van der Waals surface area contributed by atoms with Gasteiger partial charge >= 0.3 is 0 Å². The standard InChI is InChI=1S/C16H18N2O4S/c19-16(17-20)15-7-3-4-10-18(15)23(21,22)14-9-8-12-5-1-2-6-13(12)11-14/h1-2,5-6,8-9,11,15,20H,3-4,7,10H2,(H,17,19). The van der Waals surface area contributed by atoms with Gasteiger partial charge in [0.25, 0.3) is 5.91 Å². The van der Waals surface area contributed by atoms with Gasteiger partial charge in [0.05, 0.1) is 4.90 Å². The van der Waals surface area contributed by atoms with Crippen molar-refractivity contribution < 1.29 is 18.4 Å². The molecule has 7 heteroatoms. The number of amides is 1. The fraction of sp³-hybridized carbons (Fsp3) is 0.312. The number of piperidine rings is 1. The number of nitrogens with one attached hydrogen (secondary N) is 1. The number of hydroxylamine groups is 1. The molecule has 1 unspecified atom stereocenters. The van der Waals surface area contributed by atoms with Gasteiger partial charge in [-0.25, -0.2) is 13.9 Å². The smallest absolute Gasteiger partial charge is 0.261 e. The lowest BCUT2D eigenvalue weighted by molar-refractivity contribution is -0.134. The minimum absolute atomic E-state index is 0.161. The Hall–Kier alpha value is -1.96. The molecule has 3 rings (SSSR count). The number of sulfonamides is 1. The van der Waals surface area contributed by atoms with Crippen LogP contribution in [-0.2, 0) is 14.8 Å². The van der Waals surface area contributed by atoms with Gasteiger partial charge in [-0.2, -0.15) is 4.31 Å². The van der Waals surface area contributed by atoms with Crippen molar-refractivity contribution >= 4 is 26.7 Å². The first-order valence-electron chi connectivity index (χ1n) is 7.48. The lowest BCUT2D eigenvalue weighted by Gasteiger charge is -2.33. The van der Waals surface area contributed by atoms with E-state index in [1.807, 2.05) is 24.3 Å². The van der Waals surface area contributed by atoms with Gasteiger partial charge < -0.3 is 0 Å². The number of rotatable bonds is 3. The Morgan fingerprint density at radius 1 is 1.13 bits per heavy atom. The molecule has 2 aromatic rings. The first-order chi connectivity index (χ1) is 11.0. The Labute approximate surface area is 134 Å². The van der Waals surface area contributed by atoms with Crippen molar-refractivity contribution in [2.45, 2.75) is 30.2 Å². The number of nitrogens with zero attached hydrogens (tertiary/aromatic N) is 1. The monoisotopic (exact) mass is 334 g/mol. The summed E-state index contributed by atoms with van der Waals surface area (Å²) < 4.78 is 27.0. The lowest BCUT2D eigenvalue weighted by atomic mass is 10.0. The van der Waals surface area contributed by atoms with Crippen molar-refractivity contribution in [3.63, 3.8) is 0 Å². The molecule has 0 aliphatic carbocycles. The number of hydrogen-bond acceptors (Lipinski definition) is 4. The summed E-state index contributed by atoms with van der Waals surface area (Å²) in [5, 5.41) is 10.6. The zero-order valence-corrected chi connectivity index (χ0v) is 13.3. The van der Waals surface area contributed by atoms with Gasteiger partial charge in [0.2, 0.25) is 10.0 Å². The molecule has 2 N–H and O–H groups in total. The van der Waals surface area contributed by atoms with Gasteiger partial charge in [0, 0.05) is 6.54 Å². The number of hydrogen-bond donors (Lipinski definition) is 2. The molecule has 1 aliphatic heterocycles. The van der Waals surface area contributed by atoms with E-state index in [2.05, 4.69) is 0 Å². The maximum atomic E-state index is 12.9. The fourth-order valence-electron chi connectivity index (χ4n) is 2.99. The van der Waals surface area contributed by atoms with E-state index in [0.29, 0.717) is 12.8 Å². The maximum Gasteiger partial charge on any atom is 0.261 e. The summed E-state index contributed by atoms with van der Waals surface area (Å²) in [4.78, 5) is 12.0. The number of carbonyl (C=O) groups excluding carboxylic acids is 1. The molecule has 0 spiro atoms.